The van der Waals surface area contributed by atoms with Gasteiger partial charge in [-0.2, -0.15) is 0 Å². The lowest BCUT2D eigenvalue weighted by Crippen LogP contribution is -2.10. The number of thioether (sulfide) groups is 1. The molecule has 5 rings (SSSR count). The van der Waals surface area contributed by atoms with Crippen LogP contribution in [-0.4, -0.2) is 19.9 Å². The smallest absolute Gasteiger partial charge is 0.259 e. The predicted molar refractivity (Wildman–Crippen MR) is 109 cm³/mol. The fourth-order valence-electron chi connectivity index (χ4n) is 3.51. The molecular formula is C18H16N4OS3. The molecule has 0 atom stereocenters. The molecular weight excluding hydrogens is 384 g/mol. The molecule has 4 heterocycles. The van der Waals surface area contributed by atoms with Crippen LogP contribution in [0.3, 0.4) is 0 Å². The molecule has 0 amide bonds. The molecule has 0 bridgehead atoms. The van der Waals surface area contributed by atoms with Crippen LogP contribution in [-0.2, 0) is 18.6 Å². The molecule has 0 aromatic carbocycles. The average Bonchev–Trinajstić information content (AvgIpc) is 3.27. The maximum absolute atomic E-state index is 12.4. The molecule has 4 aromatic heterocycles. The second-order valence-corrected chi connectivity index (χ2v) is 9.73. The van der Waals surface area contributed by atoms with Crippen LogP contribution in [0.15, 0.2) is 16.1 Å². The molecule has 1 aliphatic carbocycles. The lowest BCUT2D eigenvalue weighted by molar-refractivity contribution is 0.915. The monoisotopic (exact) mass is 400 g/mol. The van der Waals surface area contributed by atoms with Crippen molar-refractivity contribution in [2.45, 2.75) is 43.9 Å². The van der Waals surface area contributed by atoms with E-state index in [4.69, 9.17) is 0 Å². The van der Waals surface area contributed by atoms with E-state index in [2.05, 4.69) is 19.9 Å². The van der Waals surface area contributed by atoms with Gasteiger partial charge in [-0.15, -0.1) is 22.7 Å². The Bertz CT molecular complexity index is 1220. The highest BCUT2D eigenvalue weighted by Gasteiger charge is 2.21. The van der Waals surface area contributed by atoms with Gasteiger partial charge in [0.1, 0.15) is 26.8 Å². The Kier molecular flexibility index (Phi) is 3.88. The van der Waals surface area contributed by atoms with Crippen LogP contribution in [0.5, 0.6) is 0 Å². The SMILES string of the molecule is Cc1sc2nc(CSc3ncnc4sc5c(c34)CCC5)[nH]c(=O)c2c1C. The lowest BCUT2D eigenvalue weighted by Gasteiger charge is -2.04. The number of H-pyrrole nitrogens is 1. The van der Waals surface area contributed by atoms with Crippen molar-refractivity contribution < 1.29 is 0 Å². The van der Waals surface area contributed by atoms with Crippen molar-refractivity contribution in [2.75, 3.05) is 0 Å². The number of nitrogens with one attached hydrogen (secondary N) is 1. The van der Waals surface area contributed by atoms with Crippen LogP contribution in [0.1, 0.15) is 33.1 Å². The van der Waals surface area contributed by atoms with Gasteiger partial charge in [0.25, 0.3) is 5.56 Å². The Labute approximate surface area is 161 Å². The maximum Gasteiger partial charge on any atom is 0.259 e. The van der Waals surface area contributed by atoms with Crippen LogP contribution in [0.25, 0.3) is 20.4 Å². The summed E-state index contributed by atoms with van der Waals surface area (Å²) in [7, 11) is 0. The number of fused-ring (bicyclic) bond motifs is 4. The molecule has 132 valence electrons. The summed E-state index contributed by atoms with van der Waals surface area (Å²) in [6, 6.07) is 0. The lowest BCUT2D eigenvalue weighted by atomic mass is 10.2. The van der Waals surface area contributed by atoms with Crippen LogP contribution in [0.4, 0.5) is 0 Å². The third kappa shape index (κ3) is 2.51. The van der Waals surface area contributed by atoms with E-state index in [0.29, 0.717) is 11.6 Å². The number of aromatic nitrogens is 4. The Hall–Kier alpha value is -1.77. The topological polar surface area (TPSA) is 71.5 Å². The average molecular weight is 401 g/mol. The Morgan fingerprint density at radius 2 is 2.04 bits per heavy atom. The van der Waals surface area contributed by atoms with Gasteiger partial charge < -0.3 is 4.98 Å². The van der Waals surface area contributed by atoms with Crippen molar-refractivity contribution in [1.29, 1.82) is 0 Å². The summed E-state index contributed by atoms with van der Waals surface area (Å²) in [6.07, 6.45) is 5.13. The minimum atomic E-state index is -0.0447. The van der Waals surface area contributed by atoms with Crippen LogP contribution >= 0.6 is 34.4 Å². The van der Waals surface area contributed by atoms with E-state index in [1.807, 2.05) is 13.8 Å². The molecule has 26 heavy (non-hydrogen) atoms. The number of nitrogens with zero attached hydrogens (tertiary/aromatic N) is 3. The van der Waals surface area contributed by atoms with Crippen LogP contribution in [0.2, 0.25) is 0 Å². The maximum atomic E-state index is 12.4. The largest absolute Gasteiger partial charge is 0.309 e. The standard InChI is InChI=1S/C18H16N4OS3/c1-8-9(2)25-18-13(8)15(23)21-12(22-18)6-24-16-14-10-4-3-5-11(10)26-17(14)20-7-19-16/h7H,3-6H2,1-2H3,(H,21,22,23). The van der Waals surface area contributed by atoms with Gasteiger partial charge in [-0.05, 0) is 44.2 Å². The molecule has 5 nitrogen and oxygen atoms in total. The van der Waals surface area contributed by atoms with Gasteiger partial charge in [-0.3, -0.25) is 4.79 Å². The van der Waals surface area contributed by atoms with Crippen molar-refractivity contribution in [2.24, 2.45) is 0 Å². The van der Waals surface area contributed by atoms with E-state index in [-0.39, 0.29) is 5.56 Å². The Morgan fingerprint density at radius 1 is 1.15 bits per heavy atom. The Morgan fingerprint density at radius 3 is 2.92 bits per heavy atom. The molecule has 8 heteroatoms. The van der Waals surface area contributed by atoms with E-state index >= 15 is 0 Å². The quantitative estimate of drug-likeness (QED) is 0.408. The molecule has 0 unspecified atom stereocenters. The summed E-state index contributed by atoms with van der Waals surface area (Å²) < 4.78 is 0. The highest BCUT2D eigenvalue weighted by molar-refractivity contribution is 7.98. The summed E-state index contributed by atoms with van der Waals surface area (Å²) in [5.74, 6) is 1.30. The highest BCUT2D eigenvalue weighted by Crippen LogP contribution is 2.40. The van der Waals surface area contributed by atoms with Gasteiger partial charge in [-0.1, -0.05) is 11.8 Å². The summed E-state index contributed by atoms with van der Waals surface area (Å²) >= 11 is 5.01. The first kappa shape index (κ1) is 16.4. The minimum Gasteiger partial charge on any atom is -0.309 e. The first-order valence-electron chi connectivity index (χ1n) is 8.48. The third-order valence-electron chi connectivity index (χ3n) is 4.90. The number of thiophene rings is 2. The number of aromatic amines is 1. The van der Waals surface area contributed by atoms with Crippen molar-refractivity contribution >= 4 is 54.9 Å². The molecule has 0 saturated carbocycles. The number of rotatable bonds is 3. The molecule has 0 aliphatic heterocycles. The van der Waals surface area contributed by atoms with Crippen LogP contribution in [0, 0.1) is 13.8 Å². The molecule has 4 aromatic rings. The van der Waals surface area contributed by atoms with Crippen molar-refractivity contribution in [3.63, 3.8) is 0 Å². The second-order valence-electron chi connectivity index (χ2n) is 6.48. The fourth-order valence-corrected chi connectivity index (χ4v) is 6.75. The predicted octanol–water partition coefficient (Wildman–Crippen LogP) is 4.39. The zero-order chi connectivity index (χ0) is 17.8. The van der Waals surface area contributed by atoms with E-state index in [1.54, 1.807) is 40.8 Å². The molecule has 1 aliphatic rings. The zero-order valence-corrected chi connectivity index (χ0v) is 16.8. The molecule has 0 radical (unpaired) electrons. The highest BCUT2D eigenvalue weighted by atomic mass is 32.2. The fraction of sp³-hybridized carbons (Fsp3) is 0.333. The summed E-state index contributed by atoms with van der Waals surface area (Å²) in [6.45, 7) is 4.01. The van der Waals surface area contributed by atoms with E-state index in [9.17, 15) is 4.79 Å². The summed E-state index contributed by atoms with van der Waals surface area (Å²) in [4.78, 5) is 33.5. The van der Waals surface area contributed by atoms with Gasteiger partial charge in [0.05, 0.1) is 11.1 Å². The number of hydrogen-bond donors (Lipinski definition) is 1. The van der Waals surface area contributed by atoms with Gasteiger partial charge in [0.15, 0.2) is 0 Å². The third-order valence-corrected chi connectivity index (χ3v) is 8.20. The number of aryl methyl sites for hydroxylation is 4. The van der Waals surface area contributed by atoms with Crippen molar-refractivity contribution in [3.8, 4) is 0 Å². The Balaban J connectivity index is 1.51. The van der Waals surface area contributed by atoms with Gasteiger partial charge in [0.2, 0.25) is 0 Å². The first-order chi connectivity index (χ1) is 12.6. The molecule has 1 N–H and O–H groups in total. The van der Waals surface area contributed by atoms with E-state index in [1.165, 1.54) is 22.2 Å². The minimum absolute atomic E-state index is 0.0447. The van der Waals surface area contributed by atoms with Gasteiger partial charge >= 0.3 is 0 Å². The second kappa shape index (κ2) is 6.14. The summed E-state index contributed by atoms with van der Waals surface area (Å²) in [5, 5.41) is 2.93. The first-order valence-corrected chi connectivity index (χ1v) is 11.1. The van der Waals surface area contributed by atoms with Crippen LogP contribution < -0.4 is 5.56 Å². The molecule has 0 fully saturated rings. The normalized spacial score (nSPS) is 13.8. The van der Waals surface area contributed by atoms with Crippen molar-refractivity contribution in [1.82, 2.24) is 19.9 Å². The van der Waals surface area contributed by atoms with Crippen molar-refractivity contribution in [3.05, 3.63) is 43.4 Å². The summed E-state index contributed by atoms with van der Waals surface area (Å²) in [5.41, 5.74) is 2.41. The number of hydrogen-bond acceptors (Lipinski definition) is 7. The van der Waals surface area contributed by atoms with Gasteiger partial charge in [0, 0.05) is 15.1 Å². The van der Waals surface area contributed by atoms with E-state index < -0.39 is 0 Å². The van der Waals surface area contributed by atoms with E-state index in [0.717, 1.165) is 43.4 Å². The zero-order valence-electron chi connectivity index (χ0n) is 14.4. The molecule has 0 saturated heterocycles. The molecule has 0 spiro atoms. The van der Waals surface area contributed by atoms with Gasteiger partial charge in [-0.25, -0.2) is 15.0 Å².